The van der Waals surface area contributed by atoms with Gasteiger partial charge < -0.3 is 15.5 Å². The molecule has 0 unspecified atom stereocenters. The Bertz CT molecular complexity index is 903. The molecule has 2 amide bonds. The van der Waals surface area contributed by atoms with Gasteiger partial charge in [0, 0.05) is 18.9 Å². The number of ether oxygens (including phenoxy) is 1. The fraction of sp³-hybridized carbons (Fsp3) is 0.188. The minimum absolute atomic E-state index is 0. The summed E-state index contributed by atoms with van der Waals surface area (Å²) >= 11 is 5.72. The maximum atomic E-state index is 12.6. The molecule has 2 aromatic rings. The molecule has 164 valence electrons. The molecule has 3 N–H and O–H groups in total. The van der Waals surface area contributed by atoms with E-state index in [2.05, 4.69) is 20.1 Å². The van der Waals surface area contributed by atoms with E-state index in [0.29, 0.717) is 12.3 Å². The SMILES string of the molecule is CN(/N=C/c1ncc(C(F)(F)F)cc1Cl)C(=O)Nc1ccc(OC(F)(F)F)cc1.O. The van der Waals surface area contributed by atoms with E-state index in [9.17, 15) is 31.1 Å². The van der Waals surface area contributed by atoms with Crippen LogP contribution in [0.3, 0.4) is 0 Å². The lowest BCUT2D eigenvalue weighted by Crippen LogP contribution is -2.27. The molecule has 0 bridgehead atoms. The Labute approximate surface area is 170 Å². The van der Waals surface area contributed by atoms with Gasteiger partial charge >= 0.3 is 18.6 Å². The van der Waals surface area contributed by atoms with E-state index >= 15 is 0 Å². The number of halogens is 7. The van der Waals surface area contributed by atoms with E-state index in [1.807, 2.05) is 0 Å². The molecule has 1 aromatic heterocycles. The number of nitrogens with one attached hydrogen (secondary N) is 1. The summed E-state index contributed by atoms with van der Waals surface area (Å²) in [5.74, 6) is -0.468. The summed E-state index contributed by atoms with van der Waals surface area (Å²) in [6.45, 7) is 0. The molecule has 0 saturated carbocycles. The predicted molar refractivity (Wildman–Crippen MR) is 95.4 cm³/mol. The molecule has 0 aliphatic heterocycles. The second kappa shape index (κ2) is 9.63. The van der Waals surface area contributed by atoms with Crippen molar-refractivity contribution in [2.24, 2.45) is 5.10 Å². The van der Waals surface area contributed by atoms with Crippen LogP contribution in [-0.4, -0.2) is 41.1 Å². The van der Waals surface area contributed by atoms with Crippen LogP contribution < -0.4 is 10.1 Å². The number of aromatic nitrogens is 1. The van der Waals surface area contributed by atoms with Crippen LogP contribution in [0.25, 0.3) is 0 Å². The van der Waals surface area contributed by atoms with Crippen molar-refractivity contribution < 1.29 is 41.4 Å². The van der Waals surface area contributed by atoms with Crippen LogP contribution in [0.15, 0.2) is 41.6 Å². The first-order valence-corrected chi connectivity index (χ1v) is 7.90. The Balaban J connectivity index is 0.00000450. The molecule has 7 nitrogen and oxygen atoms in total. The summed E-state index contributed by atoms with van der Waals surface area (Å²) < 4.78 is 77.7. The van der Waals surface area contributed by atoms with Gasteiger partial charge in [-0.15, -0.1) is 13.2 Å². The molecule has 0 aliphatic carbocycles. The minimum atomic E-state index is -4.84. The normalized spacial score (nSPS) is 11.7. The highest BCUT2D eigenvalue weighted by Crippen LogP contribution is 2.30. The first-order chi connectivity index (χ1) is 13.3. The van der Waals surface area contributed by atoms with Gasteiger partial charge in [-0.25, -0.2) is 9.80 Å². The second-order valence-electron chi connectivity index (χ2n) is 5.36. The van der Waals surface area contributed by atoms with Gasteiger partial charge in [0.15, 0.2) is 0 Å². The van der Waals surface area contributed by atoms with Gasteiger partial charge in [0.05, 0.1) is 16.8 Å². The van der Waals surface area contributed by atoms with Crippen LogP contribution in [-0.2, 0) is 6.18 Å². The Hall–Kier alpha value is -3.06. The molecular formula is C16H13ClF6N4O3. The summed E-state index contributed by atoms with van der Waals surface area (Å²) in [7, 11) is 1.23. The third kappa shape index (κ3) is 7.40. The molecule has 0 spiro atoms. The Morgan fingerprint density at radius 3 is 2.30 bits per heavy atom. The van der Waals surface area contributed by atoms with E-state index in [1.54, 1.807) is 0 Å². The molecule has 0 saturated heterocycles. The number of amides is 2. The number of rotatable bonds is 4. The number of carbonyl (C=O) groups is 1. The van der Waals surface area contributed by atoms with Gasteiger partial charge in [-0.1, -0.05) is 11.6 Å². The largest absolute Gasteiger partial charge is 0.573 e. The third-order valence-corrected chi connectivity index (χ3v) is 3.49. The number of hydrogen-bond acceptors (Lipinski definition) is 4. The number of alkyl halides is 6. The zero-order valence-corrected chi connectivity index (χ0v) is 15.6. The quantitative estimate of drug-likeness (QED) is 0.419. The van der Waals surface area contributed by atoms with Crippen molar-refractivity contribution in [3.63, 3.8) is 0 Å². The first-order valence-electron chi connectivity index (χ1n) is 7.52. The highest BCUT2D eigenvalue weighted by atomic mass is 35.5. The van der Waals surface area contributed by atoms with E-state index in [1.165, 1.54) is 19.2 Å². The third-order valence-electron chi connectivity index (χ3n) is 3.18. The molecule has 0 atom stereocenters. The fourth-order valence-electron chi connectivity index (χ4n) is 1.84. The van der Waals surface area contributed by atoms with Crippen LogP contribution in [0.2, 0.25) is 5.02 Å². The van der Waals surface area contributed by atoms with Crippen molar-refractivity contribution in [1.29, 1.82) is 0 Å². The standard InChI is InChI=1S/C16H11ClF6N4O2.H2O/c1-27(25-8-13-12(17)6-9(7-24-13)15(18,19)20)14(28)26-10-2-4-11(5-3-10)29-16(21,22)23;/h2-8H,1H3,(H,26,28);1H2/b25-8+;. The number of carbonyl (C=O) groups excluding carboxylic acids is 1. The van der Waals surface area contributed by atoms with Crippen LogP contribution in [0.4, 0.5) is 36.8 Å². The summed E-state index contributed by atoms with van der Waals surface area (Å²) in [5, 5.41) is 6.52. The number of urea groups is 1. The highest BCUT2D eigenvalue weighted by Gasteiger charge is 2.32. The van der Waals surface area contributed by atoms with E-state index in [4.69, 9.17) is 11.6 Å². The van der Waals surface area contributed by atoms with Crippen molar-refractivity contribution in [3.8, 4) is 5.75 Å². The van der Waals surface area contributed by atoms with Crippen LogP contribution in [0.5, 0.6) is 5.75 Å². The number of anilines is 1. The molecule has 30 heavy (non-hydrogen) atoms. The summed E-state index contributed by atoms with van der Waals surface area (Å²) in [6, 6.07) is 4.22. The molecular weight excluding hydrogens is 446 g/mol. The Kier molecular flexibility index (Phi) is 8.01. The van der Waals surface area contributed by atoms with Crippen molar-refractivity contribution in [1.82, 2.24) is 9.99 Å². The predicted octanol–water partition coefficient (Wildman–Crippen LogP) is 4.33. The summed E-state index contributed by atoms with van der Waals surface area (Å²) in [5.41, 5.74) is -0.992. The number of nitrogens with zero attached hydrogens (tertiary/aromatic N) is 3. The van der Waals surface area contributed by atoms with E-state index < -0.39 is 29.9 Å². The first kappa shape index (κ1) is 25.0. The molecule has 14 heteroatoms. The highest BCUT2D eigenvalue weighted by molar-refractivity contribution is 6.32. The number of benzene rings is 1. The van der Waals surface area contributed by atoms with Gasteiger partial charge in [-0.2, -0.15) is 18.3 Å². The topological polar surface area (TPSA) is 98.3 Å². The van der Waals surface area contributed by atoms with Crippen molar-refractivity contribution in [2.75, 3.05) is 12.4 Å². The van der Waals surface area contributed by atoms with Crippen LogP contribution >= 0.6 is 11.6 Å². The van der Waals surface area contributed by atoms with Crippen molar-refractivity contribution >= 4 is 29.5 Å². The maximum absolute atomic E-state index is 12.6. The monoisotopic (exact) mass is 458 g/mol. The van der Waals surface area contributed by atoms with Gasteiger partial charge in [0.25, 0.3) is 0 Å². The molecule has 0 radical (unpaired) electrons. The Morgan fingerprint density at radius 2 is 1.80 bits per heavy atom. The van der Waals surface area contributed by atoms with E-state index in [0.717, 1.165) is 23.4 Å². The molecule has 1 heterocycles. The van der Waals surface area contributed by atoms with Crippen LogP contribution in [0.1, 0.15) is 11.3 Å². The van der Waals surface area contributed by atoms with Gasteiger partial charge in [-0.05, 0) is 30.3 Å². The minimum Gasteiger partial charge on any atom is -0.412 e. The van der Waals surface area contributed by atoms with Crippen molar-refractivity contribution in [3.05, 3.63) is 52.8 Å². The Morgan fingerprint density at radius 1 is 1.20 bits per heavy atom. The van der Waals surface area contributed by atoms with E-state index in [-0.39, 0.29) is 21.9 Å². The zero-order chi connectivity index (χ0) is 21.8. The molecule has 2 rings (SSSR count). The lowest BCUT2D eigenvalue weighted by Gasteiger charge is -2.13. The maximum Gasteiger partial charge on any atom is 0.573 e. The van der Waals surface area contributed by atoms with Gasteiger partial charge in [0.2, 0.25) is 0 Å². The van der Waals surface area contributed by atoms with Gasteiger partial charge in [-0.3, -0.25) is 4.98 Å². The zero-order valence-electron chi connectivity index (χ0n) is 14.8. The number of hydrazone groups is 1. The number of hydrogen-bond donors (Lipinski definition) is 1. The summed E-state index contributed by atoms with van der Waals surface area (Å²) in [6.07, 6.45) is -7.91. The number of pyridine rings is 1. The lowest BCUT2D eigenvalue weighted by molar-refractivity contribution is -0.274. The van der Waals surface area contributed by atoms with Gasteiger partial charge in [0.1, 0.15) is 11.4 Å². The second-order valence-corrected chi connectivity index (χ2v) is 5.77. The summed E-state index contributed by atoms with van der Waals surface area (Å²) in [4.78, 5) is 15.5. The molecule has 1 aromatic carbocycles. The lowest BCUT2D eigenvalue weighted by atomic mass is 10.2. The van der Waals surface area contributed by atoms with Crippen molar-refractivity contribution in [2.45, 2.75) is 12.5 Å². The fourth-order valence-corrected chi connectivity index (χ4v) is 2.05. The average Bonchev–Trinajstić information content (AvgIpc) is 2.60. The molecule has 0 fully saturated rings. The molecule has 0 aliphatic rings. The smallest absolute Gasteiger partial charge is 0.412 e. The average molecular weight is 459 g/mol. The van der Waals surface area contributed by atoms with Crippen LogP contribution in [0, 0.1) is 0 Å².